The van der Waals surface area contributed by atoms with Crippen molar-refractivity contribution in [3.8, 4) is 0 Å². The van der Waals surface area contributed by atoms with Crippen molar-refractivity contribution < 1.29 is 47.5 Å². The van der Waals surface area contributed by atoms with Gasteiger partial charge in [0.25, 0.3) is 0 Å². The molecule has 2 aliphatic rings. The minimum Gasteiger partial charge on any atom is -0.468 e. The van der Waals surface area contributed by atoms with E-state index in [9.17, 15) is 14.4 Å². The molecule has 0 unspecified atom stereocenters. The third-order valence-corrected chi connectivity index (χ3v) is 8.93. The highest BCUT2D eigenvalue weighted by Gasteiger charge is 2.54. The van der Waals surface area contributed by atoms with Crippen LogP contribution in [0.4, 0.5) is 4.79 Å². The van der Waals surface area contributed by atoms with Crippen LogP contribution in [0.5, 0.6) is 0 Å². The molecule has 12 heteroatoms. The van der Waals surface area contributed by atoms with E-state index in [1.54, 1.807) is 20.8 Å². The number of hydrogen-bond donors (Lipinski definition) is 1. The number of amides is 1. The average Bonchev–Trinajstić information content (AvgIpc) is 3.64. The summed E-state index contributed by atoms with van der Waals surface area (Å²) in [7, 11) is 1.23. The number of carbonyl (C=O) groups excluding carboxylic acids is 3. The van der Waals surface area contributed by atoms with Gasteiger partial charge < -0.3 is 38.9 Å². The highest BCUT2D eigenvalue weighted by molar-refractivity contribution is 5.82. The van der Waals surface area contributed by atoms with Crippen LogP contribution < -0.4 is 5.73 Å². The van der Waals surface area contributed by atoms with Gasteiger partial charge in [-0.2, -0.15) is 0 Å². The second-order valence-corrected chi connectivity index (χ2v) is 14.0. The van der Waals surface area contributed by atoms with Crippen LogP contribution in [-0.2, 0) is 62.6 Å². The standard InChI is InChI=1S/C40H50N2O10/c1-40(2,3)52-39(45)42-22-14-21-30(42)36(43)51-38-32(33(41)37(44)46-4)35(49-25-29-19-12-7-13-20-29)34(48-24-28-17-10-6-11-18-28)31(50-38)26-47-23-27-15-8-5-9-16-27/h5-13,15-20,30-35,38H,14,21-26,41H2,1-4H3/t30-,31+,32+,33+,34+,35+,38-/m0/s1. The number of carbonyl (C=O) groups is 3. The predicted octanol–water partition coefficient (Wildman–Crippen LogP) is 5.16. The molecule has 0 radical (unpaired) electrons. The van der Waals surface area contributed by atoms with E-state index < -0.39 is 66.2 Å². The molecular formula is C40H50N2O10. The Morgan fingerprint density at radius 1 is 0.827 bits per heavy atom. The first-order valence-corrected chi connectivity index (χ1v) is 17.7. The maximum Gasteiger partial charge on any atom is 0.411 e. The Balaban J connectivity index is 1.48. The number of esters is 2. The molecule has 2 N–H and O–H groups in total. The summed E-state index contributed by atoms with van der Waals surface area (Å²) in [6, 6.07) is 26.5. The molecule has 7 atom stereocenters. The fourth-order valence-electron chi connectivity index (χ4n) is 6.39. The maximum absolute atomic E-state index is 14.0. The molecule has 3 aromatic rings. The van der Waals surface area contributed by atoms with Crippen molar-refractivity contribution in [3.63, 3.8) is 0 Å². The molecule has 52 heavy (non-hydrogen) atoms. The van der Waals surface area contributed by atoms with Crippen LogP contribution in [0.1, 0.15) is 50.3 Å². The summed E-state index contributed by atoms with van der Waals surface area (Å²) >= 11 is 0. The minimum absolute atomic E-state index is 0.0290. The van der Waals surface area contributed by atoms with E-state index in [-0.39, 0.29) is 26.4 Å². The largest absolute Gasteiger partial charge is 0.468 e. The highest BCUT2D eigenvalue weighted by atomic mass is 16.7. The number of nitrogens with two attached hydrogens (primary N) is 1. The van der Waals surface area contributed by atoms with Crippen LogP contribution >= 0.6 is 0 Å². The molecule has 1 amide bonds. The quantitative estimate of drug-likeness (QED) is 0.174. The Morgan fingerprint density at radius 2 is 1.37 bits per heavy atom. The molecule has 0 spiro atoms. The Morgan fingerprint density at radius 3 is 1.90 bits per heavy atom. The summed E-state index contributed by atoms with van der Waals surface area (Å²) in [4.78, 5) is 41.6. The van der Waals surface area contributed by atoms with E-state index in [1.165, 1.54) is 12.0 Å². The molecule has 2 heterocycles. The summed E-state index contributed by atoms with van der Waals surface area (Å²) in [5, 5.41) is 0. The van der Waals surface area contributed by atoms with Gasteiger partial charge in [0.2, 0.25) is 6.29 Å². The second-order valence-electron chi connectivity index (χ2n) is 14.0. The number of ether oxygens (including phenoxy) is 7. The Kier molecular flexibility index (Phi) is 13.8. The van der Waals surface area contributed by atoms with Crippen LogP contribution in [-0.4, -0.2) is 85.5 Å². The molecule has 2 saturated heterocycles. The van der Waals surface area contributed by atoms with E-state index in [1.807, 2.05) is 91.0 Å². The lowest BCUT2D eigenvalue weighted by atomic mass is 9.85. The zero-order valence-electron chi connectivity index (χ0n) is 30.3. The Labute approximate surface area is 305 Å². The van der Waals surface area contributed by atoms with Gasteiger partial charge in [-0.25, -0.2) is 9.59 Å². The first-order chi connectivity index (χ1) is 25.0. The molecule has 0 saturated carbocycles. The highest BCUT2D eigenvalue weighted by Crippen LogP contribution is 2.36. The zero-order chi connectivity index (χ0) is 37.1. The van der Waals surface area contributed by atoms with Gasteiger partial charge >= 0.3 is 18.0 Å². The fourth-order valence-corrected chi connectivity index (χ4v) is 6.39. The molecule has 280 valence electrons. The van der Waals surface area contributed by atoms with Gasteiger partial charge in [-0.05, 0) is 50.3 Å². The van der Waals surface area contributed by atoms with Gasteiger partial charge in [0.05, 0.1) is 45.6 Å². The van der Waals surface area contributed by atoms with Gasteiger partial charge in [-0.15, -0.1) is 0 Å². The molecular weight excluding hydrogens is 668 g/mol. The van der Waals surface area contributed by atoms with E-state index in [0.717, 1.165) is 16.7 Å². The predicted molar refractivity (Wildman–Crippen MR) is 190 cm³/mol. The SMILES string of the molecule is COC(=O)[C@H](N)[C@H]1[C@H](OC(=O)[C@@H]2CCCN2C(=O)OC(C)(C)C)O[C@H](COCc2ccccc2)[C@@H](OCc2ccccc2)[C@@H]1OCc1ccccc1. The molecule has 3 aromatic carbocycles. The summed E-state index contributed by atoms with van der Waals surface area (Å²) in [5.41, 5.74) is 8.58. The molecule has 2 aliphatic heterocycles. The van der Waals surface area contributed by atoms with Crippen molar-refractivity contribution in [3.05, 3.63) is 108 Å². The lowest BCUT2D eigenvalue weighted by Crippen LogP contribution is -2.64. The van der Waals surface area contributed by atoms with Crippen molar-refractivity contribution in [2.75, 3.05) is 20.3 Å². The van der Waals surface area contributed by atoms with Crippen molar-refractivity contribution in [2.24, 2.45) is 11.7 Å². The van der Waals surface area contributed by atoms with Crippen molar-refractivity contribution in [1.29, 1.82) is 0 Å². The normalized spacial score (nSPS) is 23.8. The van der Waals surface area contributed by atoms with Crippen molar-refractivity contribution in [1.82, 2.24) is 4.90 Å². The van der Waals surface area contributed by atoms with Crippen LogP contribution in [0.2, 0.25) is 0 Å². The van der Waals surface area contributed by atoms with Gasteiger partial charge in [0.1, 0.15) is 29.9 Å². The summed E-state index contributed by atoms with van der Waals surface area (Å²) < 4.78 is 42.7. The summed E-state index contributed by atoms with van der Waals surface area (Å²) in [6.45, 7) is 6.23. The molecule has 0 bridgehead atoms. The number of methoxy groups -OCH3 is 1. The second kappa shape index (κ2) is 18.4. The Bertz CT molecular complexity index is 1570. The fraction of sp³-hybridized carbons (Fsp3) is 0.475. The van der Waals surface area contributed by atoms with Crippen molar-refractivity contribution >= 4 is 18.0 Å². The molecule has 12 nitrogen and oxygen atoms in total. The smallest absolute Gasteiger partial charge is 0.411 e. The third kappa shape index (κ3) is 10.6. The van der Waals surface area contributed by atoms with Crippen LogP contribution in [0.25, 0.3) is 0 Å². The zero-order valence-corrected chi connectivity index (χ0v) is 30.3. The molecule has 0 aliphatic carbocycles. The lowest BCUT2D eigenvalue weighted by Gasteiger charge is -2.47. The first kappa shape index (κ1) is 38.9. The van der Waals surface area contributed by atoms with Gasteiger partial charge in [0, 0.05) is 6.54 Å². The van der Waals surface area contributed by atoms with Crippen molar-refractivity contribution in [2.45, 2.75) is 95.7 Å². The van der Waals surface area contributed by atoms with Crippen LogP contribution in [0, 0.1) is 5.92 Å². The molecule has 2 fully saturated rings. The maximum atomic E-state index is 14.0. The average molecular weight is 719 g/mol. The number of likely N-dealkylation sites (tertiary alicyclic amines) is 1. The number of hydrogen-bond acceptors (Lipinski definition) is 11. The Hall–Kier alpha value is -4.33. The molecule has 5 rings (SSSR count). The van der Waals surface area contributed by atoms with Crippen LogP contribution in [0.3, 0.4) is 0 Å². The number of rotatable bonds is 14. The minimum atomic E-state index is -1.40. The third-order valence-electron chi connectivity index (χ3n) is 8.93. The summed E-state index contributed by atoms with van der Waals surface area (Å²) in [5.74, 6) is -2.55. The van der Waals surface area contributed by atoms with Gasteiger partial charge in [-0.3, -0.25) is 9.69 Å². The van der Waals surface area contributed by atoms with E-state index >= 15 is 0 Å². The van der Waals surface area contributed by atoms with Crippen LogP contribution in [0.15, 0.2) is 91.0 Å². The van der Waals surface area contributed by atoms with E-state index in [4.69, 9.17) is 38.9 Å². The topological polar surface area (TPSA) is 145 Å². The first-order valence-electron chi connectivity index (χ1n) is 17.7. The number of benzene rings is 3. The van der Waals surface area contributed by atoms with Gasteiger partial charge in [-0.1, -0.05) is 91.0 Å². The monoisotopic (exact) mass is 718 g/mol. The lowest BCUT2D eigenvalue weighted by molar-refractivity contribution is -0.301. The molecule has 0 aromatic heterocycles. The van der Waals surface area contributed by atoms with E-state index in [0.29, 0.717) is 19.4 Å². The van der Waals surface area contributed by atoms with Gasteiger partial charge in [0.15, 0.2) is 0 Å². The van der Waals surface area contributed by atoms with E-state index in [2.05, 4.69) is 0 Å². The number of nitrogens with zero attached hydrogens (tertiary/aromatic N) is 1. The summed E-state index contributed by atoms with van der Waals surface area (Å²) in [6.07, 6.45) is -3.70.